The number of likely N-dealkylation sites (N-methyl/N-ethyl adjacent to an activating group) is 1. The van der Waals surface area contributed by atoms with Gasteiger partial charge in [0.2, 0.25) is 5.69 Å². The van der Waals surface area contributed by atoms with Gasteiger partial charge in [-0.05, 0) is 67.4 Å². The maximum Gasteiger partial charge on any atom is 0.209 e. The molecule has 0 N–H and O–H groups in total. The second kappa shape index (κ2) is 9.56. The highest BCUT2D eigenvalue weighted by atomic mass is 15.2. The van der Waals surface area contributed by atoms with Gasteiger partial charge in [-0.2, -0.15) is 4.58 Å². The zero-order valence-electron chi connectivity index (χ0n) is 24.7. The van der Waals surface area contributed by atoms with E-state index in [2.05, 4.69) is 144 Å². The maximum absolute atomic E-state index is 2.46. The lowest BCUT2D eigenvalue weighted by Gasteiger charge is -2.47. The van der Waals surface area contributed by atoms with Crippen molar-refractivity contribution in [2.24, 2.45) is 5.41 Å². The third-order valence-electron chi connectivity index (χ3n) is 9.97. The van der Waals surface area contributed by atoms with Crippen molar-refractivity contribution in [3.8, 4) is 0 Å². The second-order valence-electron chi connectivity index (χ2n) is 12.5. The quantitative estimate of drug-likeness (QED) is 0.280. The van der Waals surface area contributed by atoms with E-state index in [4.69, 9.17) is 0 Å². The molecular formula is C36H45N2+. The molecule has 2 nitrogen and oxygen atoms in total. The van der Waals surface area contributed by atoms with E-state index in [-0.39, 0.29) is 16.2 Å². The summed E-state index contributed by atoms with van der Waals surface area (Å²) < 4.78 is 2.41. The molecule has 2 heterocycles. The number of rotatable bonds is 6. The van der Waals surface area contributed by atoms with E-state index >= 15 is 0 Å². The first-order valence-electron chi connectivity index (χ1n) is 14.4. The summed E-state index contributed by atoms with van der Waals surface area (Å²) in [5, 5.41) is 0. The summed E-state index contributed by atoms with van der Waals surface area (Å²) in [6.07, 6.45) is 16.3. The lowest BCUT2D eigenvalue weighted by Crippen LogP contribution is -2.43. The second-order valence-corrected chi connectivity index (χ2v) is 12.5. The third kappa shape index (κ3) is 3.87. The van der Waals surface area contributed by atoms with Crippen LogP contribution in [-0.4, -0.2) is 24.4 Å². The zero-order chi connectivity index (χ0) is 27.3. The molecule has 0 aromatic heterocycles. The van der Waals surface area contributed by atoms with Crippen molar-refractivity contribution in [2.45, 2.75) is 78.1 Å². The molecule has 198 valence electrons. The molecule has 0 fully saturated rings. The van der Waals surface area contributed by atoms with Gasteiger partial charge >= 0.3 is 0 Å². The van der Waals surface area contributed by atoms with E-state index in [1.165, 1.54) is 45.1 Å². The van der Waals surface area contributed by atoms with Crippen molar-refractivity contribution in [1.82, 2.24) is 0 Å². The van der Waals surface area contributed by atoms with Gasteiger partial charge in [0.1, 0.15) is 7.05 Å². The largest absolute Gasteiger partial charge is 0.347 e. The first kappa shape index (κ1) is 26.5. The highest BCUT2D eigenvalue weighted by Gasteiger charge is 2.54. The third-order valence-corrected chi connectivity index (χ3v) is 9.97. The predicted octanol–water partition coefficient (Wildman–Crippen LogP) is 9.01. The summed E-state index contributed by atoms with van der Waals surface area (Å²) >= 11 is 0. The van der Waals surface area contributed by atoms with Gasteiger partial charge in [0.25, 0.3) is 0 Å². The molecule has 2 heteroatoms. The van der Waals surface area contributed by atoms with Gasteiger partial charge in [-0.3, -0.25) is 0 Å². The molecule has 2 atom stereocenters. The maximum atomic E-state index is 2.46. The number of allylic oxidation sites excluding steroid dienone is 8. The van der Waals surface area contributed by atoms with Gasteiger partial charge in [0.15, 0.2) is 5.71 Å². The molecule has 0 saturated carbocycles. The van der Waals surface area contributed by atoms with Gasteiger partial charge in [-0.15, -0.1) is 0 Å². The van der Waals surface area contributed by atoms with Crippen molar-refractivity contribution >= 4 is 17.1 Å². The average Bonchev–Trinajstić information content (AvgIpc) is 3.26. The van der Waals surface area contributed by atoms with E-state index in [0.717, 1.165) is 25.7 Å². The Bertz CT molecular complexity index is 1410. The van der Waals surface area contributed by atoms with Gasteiger partial charge in [0, 0.05) is 41.6 Å². The first-order chi connectivity index (χ1) is 18.1. The molecular weight excluding hydrogens is 460 g/mol. The summed E-state index contributed by atoms with van der Waals surface area (Å²) in [6, 6.07) is 17.8. The summed E-state index contributed by atoms with van der Waals surface area (Å²) in [6.45, 7) is 14.3. The lowest BCUT2D eigenvalue weighted by molar-refractivity contribution is -0.401. The SMILES string of the molecule is CCCC(/C=C/C=C1/C=C2N(C)c3ccccc3C2(C)C(C)(C)C1)=C\C1=[N+](C)c2ccccc2C1(C)CC. The summed E-state index contributed by atoms with van der Waals surface area (Å²) in [5.41, 5.74) is 11.4. The molecule has 2 aromatic rings. The Balaban J connectivity index is 1.49. The topological polar surface area (TPSA) is 6.25 Å². The minimum Gasteiger partial charge on any atom is -0.347 e. The fourth-order valence-corrected chi connectivity index (χ4v) is 7.23. The molecule has 2 aliphatic heterocycles. The van der Waals surface area contributed by atoms with Crippen LogP contribution in [0.1, 0.15) is 78.4 Å². The molecule has 0 saturated heterocycles. The summed E-state index contributed by atoms with van der Waals surface area (Å²) in [5.74, 6) is 0. The van der Waals surface area contributed by atoms with Gasteiger partial charge < -0.3 is 4.90 Å². The molecule has 2 unspecified atom stereocenters. The molecule has 0 radical (unpaired) electrons. The monoisotopic (exact) mass is 505 g/mol. The van der Waals surface area contributed by atoms with Gasteiger partial charge in [-0.25, -0.2) is 0 Å². The molecule has 0 bridgehead atoms. The smallest absolute Gasteiger partial charge is 0.209 e. The fourth-order valence-electron chi connectivity index (χ4n) is 7.23. The summed E-state index contributed by atoms with van der Waals surface area (Å²) in [4.78, 5) is 2.41. The Morgan fingerprint density at radius 2 is 1.66 bits per heavy atom. The van der Waals surface area contributed by atoms with E-state index in [1.54, 1.807) is 0 Å². The zero-order valence-corrected chi connectivity index (χ0v) is 24.7. The number of anilines is 1. The molecule has 3 aliphatic rings. The van der Waals surface area contributed by atoms with Crippen LogP contribution in [0, 0.1) is 5.41 Å². The van der Waals surface area contributed by atoms with Crippen LogP contribution in [0.4, 0.5) is 11.4 Å². The molecule has 5 rings (SSSR count). The number of benzene rings is 2. The Hall–Kier alpha value is -3.13. The van der Waals surface area contributed by atoms with E-state index in [0.29, 0.717) is 0 Å². The van der Waals surface area contributed by atoms with Crippen LogP contribution in [0.2, 0.25) is 0 Å². The normalized spacial score (nSPS) is 27.2. The molecule has 38 heavy (non-hydrogen) atoms. The fraction of sp³-hybridized carbons (Fsp3) is 0.417. The van der Waals surface area contributed by atoms with E-state index < -0.39 is 0 Å². The van der Waals surface area contributed by atoms with Crippen molar-refractivity contribution in [3.05, 3.63) is 107 Å². The van der Waals surface area contributed by atoms with Crippen molar-refractivity contribution < 1.29 is 4.58 Å². The van der Waals surface area contributed by atoms with E-state index in [9.17, 15) is 0 Å². The van der Waals surface area contributed by atoms with Gasteiger partial charge in [-0.1, -0.05) is 88.7 Å². The van der Waals surface area contributed by atoms with Crippen molar-refractivity contribution in [3.63, 3.8) is 0 Å². The van der Waals surface area contributed by atoms with Crippen LogP contribution >= 0.6 is 0 Å². The van der Waals surface area contributed by atoms with Crippen LogP contribution in [0.15, 0.2) is 95.8 Å². The Kier molecular flexibility index (Phi) is 6.66. The number of nitrogens with zero attached hydrogens (tertiary/aromatic N) is 2. The van der Waals surface area contributed by atoms with E-state index in [1.807, 2.05) is 0 Å². The predicted molar refractivity (Wildman–Crippen MR) is 164 cm³/mol. The number of hydrogen-bond acceptors (Lipinski definition) is 1. The number of fused-ring (bicyclic) bond motifs is 4. The number of para-hydroxylation sites is 2. The standard InChI is InChI=1S/C36H45N2/c1-9-16-26(23-32-35(5,10-2)28-19-11-13-21-30(28)37(32)7)17-15-18-27-24-33-36(6,34(3,4)25-27)29-20-12-14-22-31(29)38(33)8/h11-15,17-24H,9-10,16,25H2,1-8H3/q+1. The Labute approximate surface area is 230 Å². The van der Waals surface area contributed by atoms with Crippen LogP contribution < -0.4 is 4.90 Å². The van der Waals surface area contributed by atoms with Crippen LogP contribution in [0.5, 0.6) is 0 Å². The molecule has 0 spiro atoms. The Morgan fingerprint density at radius 1 is 0.974 bits per heavy atom. The number of hydrogen-bond donors (Lipinski definition) is 0. The minimum atomic E-state index is 0.0238. The minimum absolute atomic E-state index is 0.0238. The first-order valence-corrected chi connectivity index (χ1v) is 14.4. The average molecular weight is 506 g/mol. The molecule has 2 aromatic carbocycles. The molecule has 1 aliphatic carbocycles. The van der Waals surface area contributed by atoms with Crippen LogP contribution in [-0.2, 0) is 10.8 Å². The van der Waals surface area contributed by atoms with Crippen molar-refractivity contribution in [1.29, 1.82) is 0 Å². The van der Waals surface area contributed by atoms with Crippen LogP contribution in [0.3, 0.4) is 0 Å². The summed E-state index contributed by atoms with van der Waals surface area (Å²) in [7, 11) is 4.45. The van der Waals surface area contributed by atoms with Gasteiger partial charge in [0.05, 0.1) is 5.41 Å². The Morgan fingerprint density at radius 3 is 2.37 bits per heavy atom. The lowest BCUT2D eigenvalue weighted by atomic mass is 9.57. The van der Waals surface area contributed by atoms with Crippen molar-refractivity contribution in [2.75, 3.05) is 19.0 Å². The van der Waals surface area contributed by atoms with Crippen LogP contribution in [0.25, 0.3) is 0 Å². The highest BCUT2D eigenvalue weighted by Crippen LogP contribution is 2.60. The molecule has 0 amide bonds. The highest BCUT2D eigenvalue weighted by molar-refractivity contribution is 6.04.